The number of aliphatic hydroxyl groups excluding tert-OH is 1. The number of hydrogen-bond acceptors (Lipinski definition) is 1. The van der Waals surface area contributed by atoms with E-state index in [0.29, 0.717) is 6.42 Å². The maximum Gasteiger partial charge on any atom is 0.124 e. The summed E-state index contributed by atoms with van der Waals surface area (Å²) in [4.78, 5) is 0. The zero-order chi connectivity index (χ0) is 14.9. The van der Waals surface area contributed by atoms with Crippen LogP contribution in [0.15, 0.2) is 46.9 Å². The Balaban J connectivity index is 2.02. The van der Waals surface area contributed by atoms with E-state index in [2.05, 4.69) is 28.1 Å². The van der Waals surface area contributed by atoms with E-state index >= 15 is 0 Å². The molecule has 1 aliphatic rings. The van der Waals surface area contributed by atoms with E-state index in [9.17, 15) is 9.50 Å². The van der Waals surface area contributed by atoms with Gasteiger partial charge in [0.1, 0.15) is 5.82 Å². The monoisotopic (exact) mass is 348 g/mol. The number of halogens is 2. The molecule has 1 nitrogen and oxygen atoms in total. The average Bonchev–Trinajstić information content (AvgIpc) is 2.46. The Morgan fingerprint density at radius 3 is 2.76 bits per heavy atom. The molecule has 1 unspecified atom stereocenters. The predicted molar refractivity (Wildman–Crippen MR) is 85.9 cm³/mol. The molecule has 0 heterocycles. The van der Waals surface area contributed by atoms with Crippen LogP contribution in [0.4, 0.5) is 4.39 Å². The predicted octanol–water partition coefficient (Wildman–Crippen LogP) is 4.40. The Bertz CT molecular complexity index is 635. The van der Waals surface area contributed by atoms with E-state index in [-0.39, 0.29) is 17.8 Å². The Morgan fingerprint density at radius 2 is 2.00 bits per heavy atom. The Morgan fingerprint density at radius 1 is 1.19 bits per heavy atom. The highest BCUT2D eigenvalue weighted by atomic mass is 79.9. The van der Waals surface area contributed by atoms with E-state index in [0.717, 1.165) is 29.3 Å². The van der Waals surface area contributed by atoms with Crippen molar-refractivity contribution in [3.8, 4) is 0 Å². The molecule has 0 spiro atoms. The molecule has 0 amide bonds. The highest BCUT2D eigenvalue weighted by molar-refractivity contribution is 9.10. The third-order valence-electron chi connectivity index (χ3n) is 4.46. The van der Waals surface area contributed by atoms with E-state index in [4.69, 9.17) is 0 Å². The first-order chi connectivity index (χ1) is 10.1. The number of aliphatic hydroxyl groups is 1. The van der Waals surface area contributed by atoms with Crippen LogP contribution in [-0.2, 0) is 18.3 Å². The summed E-state index contributed by atoms with van der Waals surface area (Å²) in [5, 5.41) is 10.1. The maximum atomic E-state index is 13.6. The van der Waals surface area contributed by atoms with Crippen LogP contribution >= 0.6 is 15.9 Å². The molecule has 1 N–H and O–H groups in total. The number of aryl methyl sites for hydroxylation is 1. The lowest BCUT2D eigenvalue weighted by molar-refractivity contribution is 0.173. The van der Waals surface area contributed by atoms with Gasteiger partial charge in [-0.3, -0.25) is 0 Å². The van der Waals surface area contributed by atoms with Crippen LogP contribution in [0.3, 0.4) is 0 Å². The quantitative estimate of drug-likeness (QED) is 0.871. The molecule has 2 aromatic rings. The number of rotatable bonds is 3. The van der Waals surface area contributed by atoms with Crippen molar-refractivity contribution in [2.45, 2.75) is 31.1 Å². The summed E-state index contributed by atoms with van der Waals surface area (Å²) in [5.41, 5.74) is 3.17. The van der Waals surface area contributed by atoms with Crippen molar-refractivity contribution in [2.75, 3.05) is 6.61 Å². The fourth-order valence-corrected chi connectivity index (χ4v) is 4.03. The highest BCUT2D eigenvalue weighted by Gasteiger charge is 2.36. The summed E-state index contributed by atoms with van der Waals surface area (Å²) >= 11 is 3.35. The molecule has 110 valence electrons. The van der Waals surface area contributed by atoms with Gasteiger partial charge in [-0.05, 0) is 60.6 Å². The van der Waals surface area contributed by atoms with Gasteiger partial charge in [0.25, 0.3) is 0 Å². The van der Waals surface area contributed by atoms with Crippen LogP contribution in [0, 0.1) is 5.82 Å². The molecule has 0 fully saturated rings. The number of benzene rings is 2. The van der Waals surface area contributed by atoms with Crippen molar-refractivity contribution in [1.82, 2.24) is 0 Å². The zero-order valence-electron chi connectivity index (χ0n) is 11.8. The Kier molecular flexibility index (Phi) is 4.14. The topological polar surface area (TPSA) is 20.2 Å². The van der Waals surface area contributed by atoms with Gasteiger partial charge in [-0.25, -0.2) is 4.39 Å². The molecule has 0 bridgehead atoms. The van der Waals surface area contributed by atoms with E-state index in [1.807, 2.05) is 18.2 Å². The first kappa shape index (κ1) is 14.7. The van der Waals surface area contributed by atoms with E-state index in [1.165, 1.54) is 17.2 Å². The van der Waals surface area contributed by atoms with Gasteiger partial charge >= 0.3 is 0 Å². The minimum atomic E-state index is -0.290. The van der Waals surface area contributed by atoms with Crippen LogP contribution < -0.4 is 0 Å². The molecule has 3 heteroatoms. The van der Waals surface area contributed by atoms with Crippen LogP contribution in [0.25, 0.3) is 0 Å². The normalized spacial score (nSPS) is 21.1. The van der Waals surface area contributed by atoms with Crippen molar-refractivity contribution >= 4 is 15.9 Å². The molecule has 0 saturated heterocycles. The maximum absolute atomic E-state index is 13.6. The van der Waals surface area contributed by atoms with Gasteiger partial charge in [-0.15, -0.1) is 0 Å². The molecule has 2 aromatic carbocycles. The van der Waals surface area contributed by atoms with Crippen LogP contribution in [-0.4, -0.2) is 11.7 Å². The highest BCUT2D eigenvalue weighted by Crippen LogP contribution is 2.40. The summed E-state index contributed by atoms with van der Waals surface area (Å²) in [5.74, 6) is -0.239. The van der Waals surface area contributed by atoms with Crippen LogP contribution in [0.5, 0.6) is 0 Å². The van der Waals surface area contributed by atoms with Crippen molar-refractivity contribution in [2.24, 2.45) is 0 Å². The van der Waals surface area contributed by atoms with E-state index in [1.54, 1.807) is 6.07 Å². The summed E-state index contributed by atoms with van der Waals surface area (Å²) in [6.45, 7) is 0.0954. The summed E-state index contributed by atoms with van der Waals surface area (Å²) in [6.07, 6.45) is 3.73. The minimum Gasteiger partial charge on any atom is -0.395 e. The smallest absolute Gasteiger partial charge is 0.124 e. The molecule has 1 atom stereocenters. The van der Waals surface area contributed by atoms with Gasteiger partial charge in [-0.2, -0.15) is 0 Å². The molecule has 21 heavy (non-hydrogen) atoms. The SMILES string of the molecule is OCC1(Cc2cc(F)cc(Br)c2)CCCc2ccccc21. The standard InChI is InChI=1S/C18H18BrFO/c19-15-8-13(9-16(20)10-15)11-18(12-21)7-3-5-14-4-1-2-6-17(14)18/h1-2,4,6,8-10,21H,3,5,7,11-12H2. The van der Waals surface area contributed by atoms with Gasteiger partial charge in [-0.1, -0.05) is 40.2 Å². The van der Waals surface area contributed by atoms with Crippen molar-refractivity contribution in [3.05, 3.63) is 69.4 Å². The third-order valence-corrected chi connectivity index (χ3v) is 4.92. The molecule has 0 aliphatic heterocycles. The Labute approximate surface area is 132 Å². The lowest BCUT2D eigenvalue weighted by Gasteiger charge is -2.38. The van der Waals surface area contributed by atoms with Crippen molar-refractivity contribution < 1.29 is 9.50 Å². The summed E-state index contributed by atoms with van der Waals surface area (Å²) in [6, 6.07) is 13.3. The minimum absolute atomic E-state index is 0.0954. The van der Waals surface area contributed by atoms with Gasteiger partial charge in [0.2, 0.25) is 0 Å². The molecule has 0 saturated carbocycles. The first-order valence-electron chi connectivity index (χ1n) is 7.27. The number of fused-ring (bicyclic) bond motifs is 1. The lowest BCUT2D eigenvalue weighted by atomic mass is 9.67. The Hall–Kier alpha value is -1.19. The molecule has 3 rings (SSSR count). The fraction of sp³-hybridized carbons (Fsp3) is 0.333. The molecule has 0 aromatic heterocycles. The molecule has 1 aliphatic carbocycles. The van der Waals surface area contributed by atoms with Crippen LogP contribution in [0.1, 0.15) is 29.5 Å². The van der Waals surface area contributed by atoms with Gasteiger partial charge in [0, 0.05) is 9.89 Å². The average molecular weight is 349 g/mol. The van der Waals surface area contributed by atoms with Gasteiger partial charge < -0.3 is 5.11 Å². The molecule has 0 radical (unpaired) electrons. The summed E-state index contributed by atoms with van der Waals surface area (Å²) in [7, 11) is 0. The van der Waals surface area contributed by atoms with Gasteiger partial charge in [0.15, 0.2) is 0 Å². The van der Waals surface area contributed by atoms with Gasteiger partial charge in [0.05, 0.1) is 6.61 Å². The van der Waals surface area contributed by atoms with Crippen molar-refractivity contribution in [1.29, 1.82) is 0 Å². The fourth-order valence-electron chi connectivity index (χ4n) is 3.52. The molecular formula is C18H18BrFO. The largest absolute Gasteiger partial charge is 0.395 e. The second kappa shape index (κ2) is 5.90. The first-order valence-corrected chi connectivity index (χ1v) is 8.06. The molecular weight excluding hydrogens is 331 g/mol. The summed E-state index contributed by atoms with van der Waals surface area (Å²) < 4.78 is 14.4. The second-order valence-corrected chi connectivity index (χ2v) is 6.82. The third kappa shape index (κ3) is 2.90. The zero-order valence-corrected chi connectivity index (χ0v) is 13.4. The number of hydrogen-bond donors (Lipinski definition) is 1. The second-order valence-electron chi connectivity index (χ2n) is 5.90. The lowest BCUT2D eigenvalue weighted by Crippen LogP contribution is -2.37. The van der Waals surface area contributed by atoms with Crippen LogP contribution in [0.2, 0.25) is 0 Å². The van der Waals surface area contributed by atoms with Crippen molar-refractivity contribution in [3.63, 3.8) is 0 Å². The van der Waals surface area contributed by atoms with E-state index < -0.39 is 0 Å².